The summed E-state index contributed by atoms with van der Waals surface area (Å²) in [7, 11) is 2.16. The van der Waals surface area contributed by atoms with E-state index in [1.165, 1.54) is 10.7 Å². The van der Waals surface area contributed by atoms with Gasteiger partial charge in [0.05, 0.1) is 11.4 Å². The Hall–Kier alpha value is -3.68. The van der Waals surface area contributed by atoms with Crippen LogP contribution in [-0.4, -0.2) is 55.8 Å². The van der Waals surface area contributed by atoms with Crippen molar-refractivity contribution in [3.63, 3.8) is 0 Å². The van der Waals surface area contributed by atoms with E-state index in [-0.39, 0.29) is 5.91 Å². The predicted molar refractivity (Wildman–Crippen MR) is 134 cm³/mol. The van der Waals surface area contributed by atoms with Gasteiger partial charge in [-0.05, 0) is 43.4 Å². The molecule has 3 aromatic rings. The molecule has 1 fully saturated rings. The lowest BCUT2D eigenvalue weighted by Gasteiger charge is -2.34. The Morgan fingerprint density at radius 1 is 0.788 bits per heavy atom. The lowest BCUT2D eigenvalue weighted by atomic mass is 10.0. The van der Waals surface area contributed by atoms with E-state index in [2.05, 4.69) is 44.9 Å². The van der Waals surface area contributed by atoms with Crippen molar-refractivity contribution in [2.75, 3.05) is 48.6 Å². The number of rotatable bonds is 6. The summed E-state index contributed by atoms with van der Waals surface area (Å²) in [5, 5.41) is 6.14. The van der Waals surface area contributed by atoms with Gasteiger partial charge in [0, 0.05) is 43.1 Å². The zero-order chi connectivity index (χ0) is 22.6. The maximum absolute atomic E-state index is 13.3. The fourth-order valence-corrected chi connectivity index (χ4v) is 4.15. The van der Waals surface area contributed by atoms with Gasteiger partial charge < -0.3 is 15.2 Å². The number of hydrazone groups is 1. The zero-order valence-corrected chi connectivity index (χ0v) is 18.7. The first-order chi connectivity index (χ1) is 16.2. The first-order valence-corrected chi connectivity index (χ1v) is 11.3. The molecule has 0 saturated carbocycles. The van der Waals surface area contributed by atoms with Crippen LogP contribution in [0.3, 0.4) is 0 Å². The number of carbonyl (C=O) groups excluding carboxylic acids is 1. The lowest BCUT2D eigenvalue weighted by Crippen LogP contribution is -2.46. The predicted octanol–water partition coefficient (Wildman–Crippen LogP) is 3.17. The van der Waals surface area contributed by atoms with Crippen molar-refractivity contribution in [1.82, 2.24) is 10.3 Å². The Balaban J connectivity index is 1.31. The fraction of sp³-hybridized carbons (Fsp3) is 0.231. The van der Waals surface area contributed by atoms with Gasteiger partial charge in [-0.1, -0.05) is 48.5 Å². The standard InChI is InChI=1S/C26H28N6O/c1-30-16-18-31(19-17-30)22-14-12-21(13-15-22)27-28-25-24(20-8-4-2-5-9-20)29-32(26(25)33)23-10-6-3-7-11-23/h2-15,25,27-28H,16-19H2,1H3. The molecule has 1 unspecified atom stereocenters. The van der Waals surface area contributed by atoms with Gasteiger partial charge in [-0.25, -0.2) is 5.43 Å². The second kappa shape index (κ2) is 9.44. The van der Waals surface area contributed by atoms with Crippen LogP contribution in [0.1, 0.15) is 5.56 Å². The van der Waals surface area contributed by atoms with Gasteiger partial charge in [-0.2, -0.15) is 10.1 Å². The van der Waals surface area contributed by atoms with E-state index in [0.29, 0.717) is 5.71 Å². The minimum Gasteiger partial charge on any atom is -0.369 e. The molecule has 1 atom stereocenters. The molecule has 0 spiro atoms. The largest absolute Gasteiger partial charge is 0.369 e. The number of nitrogens with zero attached hydrogens (tertiary/aromatic N) is 4. The number of piperazine rings is 1. The Morgan fingerprint density at radius 2 is 1.42 bits per heavy atom. The molecule has 0 aromatic heterocycles. The summed E-state index contributed by atoms with van der Waals surface area (Å²) in [5.74, 6) is -0.124. The highest BCUT2D eigenvalue weighted by Crippen LogP contribution is 2.24. The summed E-state index contributed by atoms with van der Waals surface area (Å²) in [5.41, 5.74) is 10.9. The van der Waals surface area contributed by atoms with E-state index < -0.39 is 6.04 Å². The summed E-state index contributed by atoms with van der Waals surface area (Å²) >= 11 is 0. The number of hydrazine groups is 1. The van der Waals surface area contributed by atoms with Crippen molar-refractivity contribution in [1.29, 1.82) is 0 Å². The quantitative estimate of drug-likeness (QED) is 0.577. The molecule has 2 heterocycles. The lowest BCUT2D eigenvalue weighted by molar-refractivity contribution is -0.118. The molecule has 2 aliphatic heterocycles. The van der Waals surface area contributed by atoms with E-state index in [1.54, 1.807) is 0 Å². The van der Waals surface area contributed by atoms with Crippen LogP contribution in [0.15, 0.2) is 90.0 Å². The average molecular weight is 441 g/mol. The molecule has 7 nitrogen and oxygen atoms in total. The molecule has 5 rings (SSSR count). The number of amides is 1. The molecule has 7 heteroatoms. The minimum atomic E-state index is -0.607. The smallest absolute Gasteiger partial charge is 0.272 e. The van der Waals surface area contributed by atoms with Crippen LogP contribution in [0.4, 0.5) is 17.1 Å². The summed E-state index contributed by atoms with van der Waals surface area (Å²) in [6, 6.07) is 27.0. The molecule has 1 amide bonds. The summed E-state index contributed by atoms with van der Waals surface area (Å²) in [4.78, 5) is 18.0. The van der Waals surface area contributed by atoms with Crippen molar-refractivity contribution < 1.29 is 4.79 Å². The van der Waals surface area contributed by atoms with Crippen molar-refractivity contribution >= 4 is 28.7 Å². The third kappa shape index (κ3) is 4.60. The molecule has 0 aliphatic carbocycles. The van der Waals surface area contributed by atoms with Gasteiger partial charge in [0.15, 0.2) is 6.04 Å². The van der Waals surface area contributed by atoms with Crippen LogP contribution in [0.2, 0.25) is 0 Å². The Labute approximate surface area is 194 Å². The van der Waals surface area contributed by atoms with E-state index in [9.17, 15) is 4.79 Å². The second-order valence-corrected chi connectivity index (χ2v) is 8.38. The monoisotopic (exact) mass is 440 g/mol. The molecular formula is C26H28N6O. The maximum atomic E-state index is 13.3. The molecule has 0 bridgehead atoms. The average Bonchev–Trinajstić information content (AvgIpc) is 3.21. The highest BCUT2D eigenvalue weighted by atomic mass is 16.2. The number of likely N-dealkylation sites (N-methyl/N-ethyl adjacent to an activating group) is 1. The van der Waals surface area contributed by atoms with Crippen LogP contribution in [0, 0.1) is 0 Å². The maximum Gasteiger partial charge on any atom is 0.272 e. The molecule has 33 heavy (non-hydrogen) atoms. The Kier molecular flexibility index (Phi) is 6.06. The first-order valence-electron chi connectivity index (χ1n) is 11.3. The summed E-state index contributed by atoms with van der Waals surface area (Å²) in [6.07, 6.45) is 0. The van der Waals surface area contributed by atoms with Gasteiger partial charge in [-0.15, -0.1) is 0 Å². The van der Waals surface area contributed by atoms with Crippen LogP contribution in [0.25, 0.3) is 0 Å². The fourth-order valence-electron chi connectivity index (χ4n) is 4.15. The normalized spacial score (nSPS) is 19.0. The first kappa shape index (κ1) is 21.2. The van der Waals surface area contributed by atoms with E-state index in [1.807, 2.05) is 72.8 Å². The Bertz CT molecular complexity index is 1110. The molecule has 2 aliphatic rings. The number of carbonyl (C=O) groups is 1. The van der Waals surface area contributed by atoms with Crippen LogP contribution in [-0.2, 0) is 4.79 Å². The number of anilines is 3. The number of nitrogens with one attached hydrogen (secondary N) is 2. The molecule has 3 aromatic carbocycles. The van der Waals surface area contributed by atoms with Gasteiger partial charge in [0.25, 0.3) is 5.91 Å². The molecule has 2 N–H and O–H groups in total. The van der Waals surface area contributed by atoms with Gasteiger partial charge in [-0.3, -0.25) is 4.79 Å². The summed E-state index contributed by atoms with van der Waals surface area (Å²) in [6.45, 7) is 4.21. The van der Waals surface area contributed by atoms with Crippen molar-refractivity contribution in [2.45, 2.75) is 6.04 Å². The molecular weight excluding hydrogens is 412 g/mol. The topological polar surface area (TPSA) is 63.2 Å². The van der Waals surface area contributed by atoms with Gasteiger partial charge >= 0.3 is 0 Å². The van der Waals surface area contributed by atoms with Crippen LogP contribution in [0.5, 0.6) is 0 Å². The van der Waals surface area contributed by atoms with Gasteiger partial charge in [0.1, 0.15) is 0 Å². The Morgan fingerprint density at radius 3 is 2.09 bits per heavy atom. The highest BCUT2D eigenvalue weighted by molar-refractivity contribution is 6.24. The number of para-hydroxylation sites is 1. The number of benzene rings is 3. The van der Waals surface area contributed by atoms with Crippen molar-refractivity contribution in [3.05, 3.63) is 90.5 Å². The second-order valence-electron chi connectivity index (χ2n) is 8.38. The third-order valence-electron chi connectivity index (χ3n) is 6.10. The van der Waals surface area contributed by atoms with Crippen molar-refractivity contribution in [3.8, 4) is 0 Å². The third-order valence-corrected chi connectivity index (χ3v) is 6.10. The number of hydrogen-bond acceptors (Lipinski definition) is 6. The SMILES string of the molecule is CN1CCN(c2ccc(NNC3C(=O)N(c4ccccc4)N=C3c3ccccc3)cc2)CC1. The molecule has 1 saturated heterocycles. The van der Waals surface area contributed by atoms with Gasteiger partial charge in [0.2, 0.25) is 0 Å². The van der Waals surface area contributed by atoms with E-state index in [0.717, 1.165) is 43.1 Å². The zero-order valence-electron chi connectivity index (χ0n) is 18.7. The number of hydrogen-bond donors (Lipinski definition) is 2. The molecule has 168 valence electrons. The molecule has 0 radical (unpaired) electrons. The van der Waals surface area contributed by atoms with E-state index >= 15 is 0 Å². The highest BCUT2D eigenvalue weighted by Gasteiger charge is 2.37. The van der Waals surface area contributed by atoms with E-state index in [4.69, 9.17) is 0 Å². The summed E-state index contributed by atoms with van der Waals surface area (Å²) < 4.78 is 0. The van der Waals surface area contributed by atoms with Crippen LogP contribution >= 0.6 is 0 Å². The van der Waals surface area contributed by atoms with Crippen molar-refractivity contribution in [2.24, 2.45) is 5.10 Å². The van der Waals surface area contributed by atoms with Crippen LogP contribution < -0.4 is 20.8 Å². The minimum absolute atomic E-state index is 0.124.